The van der Waals surface area contributed by atoms with Gasteiger partial charge in [-0.05, 0) is 55.7 Å². The van der Waals surface area contributed by atoms with Crippen LogP contribution in [0.25, 0.3) is 0 Å². The minimum Gasteiger partial charge on any atom is -0.465 e. The van der Waals surface area contributed by atoms with Crippen LogP contribution in [0.15, 0.2) is 42.7 Å². The first-order valence-corrected chi connectivity index (χ1v) is 7.09. The lowest BCUT2D eigenvalue weighted by Crippen LogP contribution is -2.37. The number of hydrogen-bond donors (Lipinski definition) is 1. The monoisotopic (exact) mass is 302 g/mol. The Morgan fingerprint density at radius 3 is 2.82 bits per heavy atom. The van der Waals surface area contributed by atoms with Crippen molar-refractivity contribution in [3.05, 3.63) is 59.7 Å². The number of carbonyl (C=O) groups is 1. The highest BCUT2D eigenvalue weighted by Gasteiger charge is 2.38. The number of nitrogens with zero attached hydrogens (tertiary/aromatic N) is 1. The van der Waals surface area contributed by atoms with E-state index in [-0.39, 0.29) is 6.61 Å². The fourth-order valence-corrected chi connectivity index (χ4v) is 2.49. The number of nitrogen functional groups attached to an aromatic ring is 1. The number of halogens is 1. The third-order valence-corrected chi connectivity index (χ3v) is 3.62. The van der Waals surface area contributed by atoms with Crippen LogP contribution in [0.5, 0.6) is 0 Å². The summed E-state index contributed by atoms with van der Waals surface area (Å²) < 4.78 is 18.8. The van der Waals surface area contributed by atoms with Crippen LogP contribution in [0.4, 0.5) is 10.1 Å². The fourth-order valence-electron chi connectivity index (χ4n) is 2.49. The fraction of sp³-hybridized carbons (Fsp3) is 0.294. The molecule has 1 unspecified atom stereocenters. The molecule has 5 heteroatoms. The topological polar surface area (TPSA) is 65.2 Å². The van der Waals surface area contributed by atoms with Crippen molar-refractivity contribution in [1.29, 1.82) is 0 Å². The molecule has 0 aliphatic rings. The van der Waals surface area contributed by atoms with Gasteiger partial charge in [0.05, 0.1) is 12.0 Å². The van der Waals surface area contributed by atoms with Gasteiger partial charge >= 0.3 is 5.97 Å². The van der Waals surface area contributed by atoms with Gasteiger partial charge in [-0.2, -0.15) is 0 Å². The molecule has 1 aromatic carbocycles. The van der Waals surface area contributed by atoms with Gasteiger partial charge in [-0.15, -0.1) is 0 Å². The van der Waals surface area contributed by atoms with Crippen LogP contribution in [0.3, 0.4) is 0 Å². The Morgan fingerprint density at radius 1 is 1.41 bits per heavy atom. The predicted molar refractivity (Wildman–Crippen MR) is 82.7 cm³/mol. The van der Waals surface area contributed by atoms with Crippen molar-refractivity contribution >= 4 is 11.7 Å². The van der Waals surface area contributed by atoms with Gasteiger partial charge in [0.25, 0.3) is 0 Å². The minimum atomic E-state index is -1.08. The molecule has 1 heterocycles. The van der Waals surface area contributed by atoms with Gasteiger partial charge < -0.3 is 10.5 Å². The van der Waals surface area contributed by atoms with Crippen LogP contribution < -0.4 is 5.73 Å². The SMILES string of the molecule is CCOC(=O)C(C)(Cc1cccnc1)c1cc(F)ccc1N. The smallest absolute Gasteiger partial charge is 0.316 e. The Labute approximate surface area is 129 Å². The first kappa shape index (κ1) is 15.9. The third-order valence-electron chi connectivity index (χ3n) is 3.62. The van der Waals surface area contributed by atoms with E-state index in [9.17, 15) is 9.18 Å². The van der Waals surface area contributed by atoms with Crippen LogP contribution in [-0.4, -0.2) is 17.6 Å². The summed E-state index contributed by atoms with van der Waals surface area (Å²) in [6, 6.07) is 7.68. The van der Waals surface area contributed by atoms with Crippen molar-refractivity contribution in [3.63, 3.8) is 0 Å². The van der Waals surface area contributed by atoms with Crippen molar-refractivity contribution in [2.45, 2.75) is 25.7 Å². The quantitative estimate of drug-likeness (QED) is 0.681. The van der Waals surface area contributed by atoms with Gasteiger partial charge in [-0.1, -0.05) is 6.07 Å². The minimum absolute atomic E-state index is 0.247. The number of aromatic nitrogens is 1. The molecule has 4 nitrogen and oxygen atoms in total. The largest absolute Gasteiger partial charge is 0.465 e. The molecule has 22 heavy (non-hydrogen) atoms. The van der Waals surface area contributed by atoms with E-state index in [1.807, 2.05) is 6.07 Å². The van der Waals surface area contributed by atoms with E-state index in [0.29, 0.717) is 17.7 Å². The van der Waals surface area contributed by atoms with Crippen molar-refractivity contribution < 1.29 is 13.9 Å². The number of esters is 1. The van der Waals surface area contributed by atoms with E-state index in [0.717, 1.165) is 5.56 Å². The molecule has 0 aliphatic carbocycles. The van der Waals surface area contributed by atoms with E-state index >= 15 is 0 Å². The molecule has 0 bridgehead atoms. The molecule has 2 aromatic rings. The normalized spacial score (nSPS) is 13.4. The summed E-state index contributed by atoms with van der Waals surface area (Å²) in [5.74, 6) is -0.873. The Kier molecular flexibility index (Phi) is 4.75. The molecule has 0 fully saturated rings. The number of pyridine rings is 1. The number of anilines is 1. The first-order chi connectivity index (χ1) is 10.5. The summed E-state index contributed by atoms with van der Waals surface area (Å²) in [6.07, 6.45) is 3.65. The summed E-state index contributed by atoms with van der Waals surface area (Å²) in [5, 5.41) is 0. The van der Waals surface area contributed by atoms with Crippen LogP contribution in [0.2, 0.25) is 0 Å². The molecular weight excluding hydrogens is 283 g/mol. The number of carbonyl (C=O) groups excluding carboxylic acids is 1. The van der Waals surface area contributed by atoms with Gasteiger partial charge in [0.15, 0.2) is 0 Å². The Morgan fingerprint density at radius 2 is 2.18 bits per heavy atom. The molecule has 0 radical (unpaired) electrons. The maximum Gasteiger partial charge on any atom is 0.316 e. The van der Waals surface area contributed by atoms with Crippen molar-refractivity contribution in [3.8, 4) is 0 Å². The highest BCUT2D eigenvalue weighted by Crippen LogP contribution is 2.34. The average molecular weight is 302 g/mol. The van der Waals surface area contributed by atoms with Gasteiger partial charge in [0, 0.05) is 18.1 Å². The number of ether oxygens (including phenoxy) is 1. The Balaban J connectivity index is 2.50. The van der Waals surface area contributed by atoms with Crippen molar-refractivity contribution in [1.82, 2.24) is 4.98 Å². The highest BCUT2D eigenvalue weighted by molar-refractivity contribution is 5.85. The van der Waals surface area contributed by atoms with Crippen LogP contribution in [0, 0.1) is 5.82 Å². The molecule has 2 N–H and O–H groups in total. The summed E-state index contributed by atoms with van der Waals surface area (Å²) in [7, 11) is 0. The second-order valence-electron chi connectivity index (χ2n) is 5.32. The molecular formula is C17H19FN2O2. The standard InChI is InChI=1S/C17H19FN2O2/c1-3-22-16(21)17(2,10-12-5-4-8-20-11-12)14-9-13(18)6-7-15(14)19/h4-9,11H,3,10,19H2,1-2H3. The van der Waals surface area contributed by atoms with Crippen LogP contribution in [0.1, 0.15) is 25.0 Å². The maximum absolute atomic E-state index is 13.6. The lowest BCUT2D eigenvalue weighted by molar-refractivity contribution is -0.149. The van der Waals surface area contributed by atoms with E-state index < -0.39 is 17.2 Å². The van der Waals surface area contributed by atoms with E-state index in [1.54, 1.807) is 32.3 Å². The number of rotatable bonds is 5. The maximum atomic E-state index is 13.6. The van der Waals surface area contributed by atoms with Gasteiger partial charge in [0.2, 0.25) is 0 Å². The molecule has 0 spiro atoms. The van der Waals surface area contributed by atoms with Gasteiger partial charge in [-0.25, -0.2) is 4.39 Å². The van der Waals surface area contributed by atoms with Gasteiger partial charge in [0.1, 0.15) is 5.82 Å². The number of nitrogens with two attached hydrogens (primary N) is 1. The molecule has 1 aromatic heterocycles. The molecule has 1 atom stereocenters. The lowest BCUT2D eigenvalue weighted by Gasteiger charge is -2.29. The highest BCUT2D eigenvalue weighted by atomic mass is 19.1. The van der Waals surface area contributed by atoms with Crippen molar-refractivity contribution in [2.75, 3.05) is 12.3 Å². The summed E-state index contributed by atoms with van der Waals surface area (Å²) in [6.45, 7) is 3.69. The molecule has 116 valence electrons. The summed E-state index contributed by atoms with van der Waals surface area (Å²) in [4.78, 5) is 16.6. The third kappa shape index (κ3) is 3.24. The zero-order valence-corrected chi connectivity index (χ0v) is 12.7. The van der Waals surface area contributed by atoms with E-state index in [1.165, 1.54) is 18.2 Å². The zero-order chi connectivity index (χ0) is 16.2. The second-order valence-corrected chi connectivity index (χ2v) is 5.32. The predicted octanol–water partition coefficient (Wildman–Crippen LogP) is 2.87. The Bertz CT molecular complexity index is 661. The summed E-state index contributed by atoms with van der Waals surface area (Å²) in [5.41, 5.74) is 6.53. The van der Waals surface area contributed by atoms with Gasteiger partial charge in [-0.3, -0.25) is 9.78 Å². The number of hydrogen-bond acceptors (Lipinski definition) is 4. The second kappa shape index (κ2) is 6.56. The van der Waals surface area contributed by atoms with E-state index in [2.05, 4.69) is 4.98 Å². The molecule has 0 saturated heterocycles. The summed E-state index contributed by atoms with van der Waals surface area (Å²) >= 11 is 0. The molecule has 2 rings (SSSR count). The lowest BCUT2D eigenvalue weighted by atomic mass is 9.76. The molecule has 0 saturated carbocycles. The zero-order valence-electron chi connectivity index (χ0n) is 12.7. The van der Waals surface area contributed by atoms with E-state index in [4.69, 9.17) is 10.5 Å². The first-order valence-electron chi connectivity index (χ1n) is 7.09. The average Bonchev–Trinajstić information content (AvgIpc) is 2.50. The van der Waals surface area contributed by atoms with Crippen LogP contribution in [-0.2, 0) is 21.4 Å². The van der Waals surface area contributed by atoms with Crippen LogP contribution >= 0.6 is 0 Å². The number of benzene rings is 1. The Hall–Kier alpha value is -2.43. The van der Waals surface area contributed by atoms with Crippen molar-refractivity contribution in [2.24, 2.45) is 0 Å². The molecule has 0 aliphatic heterocycles. The molecule has 0 amide bonds.